The van der Waals surface area contributed by atoms with Crippen molar-refractivity contribution in [1.29, 1.82) is 0 Å². The maximum absolute atomic E-state index is 12.5. The second kappa shape index (κ2) is 6.59. The summed E-state index contributed by atoms with van der Waals surface area (Å²) in [6.45, 7) is 6.59. The first-order valence-electron chi connectivity index (χ1n) is 6.79. The van der Waals surface area contributed by atoms with E-state index in [2.05, 4.69) is 24.5 Å². The van der Waals surface area contributed by atoms with E-state index in [9.17, 15) is 18.0 Å². The predicted molar refractivity (Wildman–Crippen MR) is 67.6 cm³/mol. The van der Waals surface area contributed by atoms with Gasteiger partial charge >= 0.3 is 6.18 Å². The Morgan fingerprint density at radius 1 is 1.32 bits per heavy atom. The van der Waals surface area contributed by atoms with Crippen LogP contribution in [0.4, 0.5) is 13.2 Å². The first kappa shape index (κ1) is 16.3. The molecule has 3 unspecified atom stereocenters. The number of carbonyl (C=O) groups is 1. The minimum atomic E-state index is -4.17. The fourth-order valence-electron chi connectivity index (χ4n) is 1.98. The molecular weight excluding hydrogens is 257 g/mol. The lowest BCUT2D eigenvalue weighted by Crippen LogP contribution is -2.51. The predicted octanol–water partition coefficient (Wildman–Crippen LogP) is 2.33. The van der Waals surface area contributed by atoms with Gasteiger partial charge in [0, 0.05) is 13.1 Å². The van der Waals surface area contributed by atoms with E-state index < -0.39 is 18.1 Å². The van der Waals surface area contributed by atoms with E-state index >= 15 is 0 Å². The van der Waals surface area contributed by atoms with Crippen LogP contribution in [-0.4, -0.2) is 31.2 Å². The Labute approximate surface area is 112 Å². The molecular formula is C13H23F3N2O. The lowest BCUT2D eigenvalue weighted by Gasteiger charge is -2.30. The number of carbonyl (C=O) groups excluding carboxylic acids is 1. The molecule has 0 aromatic heterocycles. The molecule has 3 nitrogen and oxygen atoms in total. The molecule has 0 aliphatic carbocycles. The Morgan fingerprint density at radius 3 is 2.37 bits per heavy atom. The monoisotopic (exact) mass is 280 g/mol. The molecule has 2 N–H and O–H groups in total. The number of piperidine rings is 1. The fraction of sp³-hybridized carbons (Fsp3) is 0.923. The third kappa shape index (κ3) is 5.01. The van der Waals surface area contributed by atoms with Crippen LogP contribution in [0.2, 0.25) is 0 Å². The van der Waals surface area contributed by atoms with Crippen molar-refractivity contribution in [2.75, 3.05) is 13.1 Å². The van der Waals surface area contributed by atoms with Crippen molar-refractivity contribution in [3.05, 3.63) is 0 Å². The summed E-state index contributed by atoms with van der Waals surface area (Å²) < 4.78 is 37.4. The lowest BCUT2D eigenvalue weighted by molar-refractivity contribution is -0.180. The summed E-state index contributed by atoms with van der Waals surface area (Å²) in [5.74, 6) is -0.691. The van der Waals surface area contributed by atoms with E-state index in [-0.39, 0.29) is 25.3 Å². The summed E-state index contributed by atoms with van der Waals surface area (Å²) in [6, 6.07) is -0.488. The van der Waals surface area contributed by atoms with Crippen molar-refractivity contribution < 1.29 is 18.0 Å². The standard InChI is InChI=1S/C13H23F3N2O/c1-8(2)9(3)6-18-12(19)11-5-4-10(7-17-11)13(14,15)16/h8-11,17H,4-7H2,1-3H3,(H,18,19). The van der Waals surface area contributed by atoms with Gasteiger partial charge in [-0.1, -0.05) is 20.8 Å². The average Bonchev–Trinajstić information content (AvgIpc) is 2.34. The van der Waals surface area contributed by atoms with Gasteiger partial charge in [-0.15, -0.1) is 0 Å². The molecule has 1 fully saturated rings. The normalized spacial score (nSPS) is 26.3. The van der Waals surface area contributed by atoms with Crippen molar-refractivity contribution in [2.45, 2.75) is 45.8 Å². The van der Waals surface area contributed by atoms with E-state index in [0.717, 1.165) is 0 Å². The Kier molecular flexibility index (Phi) is 5.64. The fourth-order valence-corrected chi connectivity index (χ4v) is 1.98. The number of nitrogens with one attached hydrogen (secondary N) is 2. The van der Waals surface area contributed by atoms with Gasteiger partial charge in [-0.25, -0.2) is 0 Å². The third-order valence-corrected chi connectivity index (χ3v) is 3.93. The Hall–Kier alpha value is -0.780. The number of hydrogen-bond donors (Lipinski definition) is 2. The molecule has 0 bridgehead atoms. The SMILES string of the molecule is CC(C)C(C)CNC(=O)C1CCC(C(F)(F)F)CN1. The van der Waals surface area contributed by atoms with Crippen LogP contribution in [-0.2, 0) is 4.79 Å². The quantitative estimate of drug-likeness (QED) is 0.830. The zero-order chi connectivity index (χ0) is 14.6. The number of alkyl halides is 3. The van der Waals surface area contributed by atoms with Crippen LogP contribution in [0.15, 0.2) is 0 Å². The average molecular weight is 280 g/mol. The van der Waals surface area contributed by atoms with Gasteiger partial charge in [0.1, 0.15) is 0 Å². The molecule has 0 radical (unpaired) electrons. The van der Waals surface area contributed by atoms with Crippen molar-refractivity contribution >= 4 is 5.91 Å². The summed E-state index contributed by atoms with van der Waals surface area (Å²) in [6.07, 6.45) is -3.90. The highest BCUT2D eigenvalue weighted by Gasteiger charge is 2.42. The van der Waals surface area contributed by atoms with Gasteiger partial charge in [-0.3, -0.25) is 4.79 Å². The molecule has 3 atom stereocenters. The van der Waals surface area contributed by atoms with Crippen LogP contribution >= 0.6 is 0 Å². The van der Waals surface area contributed by atoms with Crippen LogP contribution < -0.4 is 10.6 Å². The van der Waals surface area contributed by atoms with E-state index in [0.29, 0.717) is 18.4 Å². The highest BCUT2D eigenvalue weighted by molar-refractivity contribution is 5.81. The maximum Gasteiger partial charge on any atom is 0.393 e. The van der Waals surface area contributed by atoms with Crippen LogP contribution in [0.5, 0.6) is 0 Å². The molecule has 1 heterocycles. The summed E-state index contributed by atoms with van der Waals surface area (Å²) >= 11 is 0. The van der Waals surface area contributed by atoms with Crippen molar-refractivity contribution in [3.63, 3.8) is 0 Å². The zero-order valence-electron chi connectivity index (χ0n) is 11.7. The van der Waals surface area contributed by atoms with Crippen LogP contribution in [0.25, 0.3) is 0 Å². The Balaban J connectivity index is 2.33. The minimum Gasteiger partial charge on any atom is -0.354 e. The van der Waals surface area contributed by atoms with Crippen LogP contribution in [0.1, 0.15) is 33.6 Å². The largest absolute Gasteiger partial charge is 0.393 e. The zero-order valence-corrected chi connectivity index (χ0v) is 11.7. The highest BCUT2D eigenvalue weighted by atomic mass is 19.4. The molecule has 6 heteroatoms. The van der Waals surface area contributed by atoms with Gasteiger partial charge in [0.05, 0.1) is 12.0 Å². The van der Waals surface area contributed by atoms with Crippen molar-refractivity contribution in [3.8, 4) is 0 Å². The number of halogens is 3. The molecule has 0 spiro atoms. The molecule has 1 saturated heterocycles. The molecule has 0 aromatic rings. The smallest absolute Gasteiger partial charge is 0.354 e. The van der Waals surface area contributed by atoms with Crippen LogP contribution in [0.3, 0.4) is 0 Å². The number of amides is 1. The van der Waals surface area contributed by atoms with E-state index in [4.69, 9.17) is 0 Å². The molecule has 112 valence electrons. The van der Waals surface area contributed by atoms with Gasteiger partial charge in [0.15, 0.2) is 0 Å². The van der Waals surface area contributed by atoms with Gasteiger partial charge in [-0.05, 0) is 24.7 Å². The summed E-state index contributed by atoms with van der Waals surface area (Å²) in [5, 5.41) is 5.50. The third-order valence-electron chi connectivity index (χ3n) is 3.93. The van der Waals surface area contributed by atoms with Crippen molar-refractivity contribution in [2.24, 2.45) is 17.8 Å². The van der Waals surface area contributed by atoms with Crippen molar-refractivity contribution in [1.82, 2.24) is 10.6 Å². The van der Waals surface area contributed by atoms with Gasteiger partial charge in [-0.2, -0.15) is 13.2 Å². The molecule has 1 amide bonds. The highest BCUT2D eigenvalue weighted by Crippen LogP contribution is 2.31. The summed E-state index contributed by atoms with van der Waals surface area (Å²) in [4.78, 5) is 11.8. The number of hydrogen-bond acceptors (Lipinski definition) is 2. The molecule has 19 heavy (non-hydrogen) atoms. The molecule has 1 aliphatic rings. The van der Waals surface area contributed by atoms with E-state index in [1.54, 1.807) is 0 Å². The van der Waals surface area contributed by atoms with E-state index in [1.807, 2.05) is 6.92 Å². The minimum absolute atomic E-state index is 0.0221. The van der Waals surface area contributed by atoms with Gasteiger partial charge < -0.3 is 10.6 Å². The van der Waals surface area contributed by atoms with Gasteiger partial charge in [0.25, 0.3) is 0 Å². The Morgan fingerprint density at radius 2 is 1.95 bits per heavy atom. The lowest BCUT2D eigenvalue weighted by atomic mass is 9.93. The molecule has 1 rings (SSSR count). The topological polar surface area (TPSA) is 41.1 Å². The second-order valence-corrected chi connectivity index (χ2v) is 5.74. The Bertz CT molecular complexity index is 297. The molecule has 0 aromatic carbocycles. The van der Waals surface area contributed by atoms with Crippen LogP contribution in [0, 0.1) is 17.8 Å². The molecule has 0 saturated carbocycles. The number of rotatable bonds is 4. The first-order valence-corrected chi connectivity index (χ1v) is 6.79. The maximum atomic E-state index is 12.5. The van der Waals surface area contributed by atoms with E-state index in [1.165, 1.54) is 0 Å². The van der Waals surface area contributed by atoms with Gasteiger partial charge in [0.2, 0.25) is 5.91 Å². The first-order chi connectivity index (χ1) is 8.71. The summed E-state index contributed by atoms with van der Waals surface area (Å²) in [5.41, 5.74) is 0. The summed E-state index contributed by atoms with van der Waals surface area (Å²) in [7, 11) is 0. The molecule has 1 aliphatic heterocycles. The second-order valence-electron chi connectivity index (χ2n) is 5.74.